The summed E-state index contributed by atoms with van der Waals surface area (Å²) in [5.74, 6) is -0.284. The van der Waals surface area contributed by atoms with Gasteiger partial charge in [0.15, 0.2) is 5.65 Å². The van der Waals surface area contributed by atoms with Crippen molar-refractivity contribution in [2.75, 3.05) is 30.0 Å². The Kier molecular flexibility index (Phi) is 6.98. The zero-order chi connectivity index (χ0) is 23.5. The molecule has 4 heterocycles. The molecule has 0 unspecified atom stereocenters. The summed E-state index contributed by atoms with van der Waals surface area (Å²) in [5.41, 5.74) is 2.40. The van der Waals surface area contributed by atoms with Gasteiger partial charge in [0, 0.05) is 24.6 Å². The smallest absolute Gasteiger partial charge is 0.253 e. The van der Waals surface area contributed by atoms with Crippen molar-refractivity contribution in [3.8, 4) is 6.07 Å². The second kappa shape index (κ2) is 10.3. The second-order valence-electron chi connectivity index (χ2n) is 7.72. The average Bonchev–Trinajstić information content (AvgIpc) is 3.44. The molecule has 3 aromatic heterocycles. The lowest BCUT2D eigenvalue weighted by Gasteiger charge is -2.27. The van der Waals surface area contributed by atoms with E-state index >= 15 is 0 Å². The second-order valence-corrected chi connectivity index (χ2v) is 7.72. The summed E-state index contributed by atoms with van der Waals surface area (Å²) in [4.78, 5) is 22.6. The lowest BCUT2D eigenvalue weighted by Crippen LogP contribution is -2.41. The van der Waals surface area contributed by atoms with E-state index in [2.05, 4.69) is 31.6 Å². The fraction of sp³-hybridized carbons (Fsp3) is 0.304. The molecule has 0 saturated carbocycles. The summed E-state index contributed by atoms with van der Waals surface area (Å²) < 4.78 is 22.9. The van der Waals surface area contributed by atoms with E-state index in [0.717, 1.165) is 5.39 Å². The zero-order valence-corrected chi connectivity index (χ0v) is 18.1. The van der Waals surface area contributed by atoms with Gasteiger partial charge in [0.05, 0.1) is 55.7 Å². The maximum Gasteiger partial charge on any atom is 0.253 e. The quantitative estimate of drug-likeness (QED) is 0.431. The average molecular weight is 478 g/mol. The molecule has 1 aliphatic rings. The highest BCUT2D eigenvalue weighted by molar-refractivity contribution is 5.94. The number of nitrogens with zero attached hydrogens (tertiary/aromatic N) is 8. The molecular weight excluding hydrogens is 453 g/mol. The molecule has 1 aliphatic heterocycles. The number of fused-ring (bicyclic) bond motifs is 1. The molecule has 1 fully saturated rings. The standard InChI is InChI=1S/C22H20FN9O2.CH4/c23-17-6-15(7-19(8-17)31-4-5-34-14-20(31)33)12-32-21-16(10-27-32)9-25-22(29-21)28-18-11-26-30(13-18)3-1-2-24;/h6-11,13H,1,3-5,12,14H2,(H,25,28,29);1H4. The van der Waals surface area contributed by atoms with Crippen molar-refractivity contribution in [3.05, 3.63) is 54.4 Å². The summed E-state index contributed by atoms with van der Waals surface area (Å²) >= 11 is 0. The van der Waals surface area contributed by atoms with Gasteiger partial charge in [-0.25, -0.2) is 14.1 Å². The monoisotopic (exact) mass is 477 g/mol. The van der Waals surface area contributed by atoms with Gasteiger partial charge >= 0.3 is 0 Å². The summed E-state index contributed by atoms with van der Waals surface area (Å²) in [7, 11) is 0. The summed E-state index contributed by atoms with van der Waals surface area (Å²) in [6.45, 7) is 1.53. The number of anilines is 3. The lowest BCUT2D eigenvalue weighted by molar-refractivity contribution is -0.125. The van der Waals surface area contributed by atoms with E-state index in [1.807, 2.05) is 0 Å². The molecule has 0 radical (unpaired) electrons. The van der Waals surface area contributed by atoms with E-state index in [9.17, 15) is 9.18 Å². The first kappa shape index (κ1) is 23.8. The van der Waals surface area contributed by atoms with Crippen LogP contribution in [0.15, 0.2) is 43.0 Å². The van der Waals surface area contributed by atoms with Crippen LogP contribution in [0.25, 0.3) is 11.0 Å². The highest BCUT2D eigenvalue weighted by Gasteiger charge is 2.21. The molecule has 180 valence electrons. The topological polar surface area (TPSA) is 127 Å². The van der Waals surface area contributed by atoms with Gasteiger partial charge in [-0.2, -0.15) is 20.4 Å². The predicted octanol–water partition coefficient (Wildman–Crippen LogP) is 2.87. The highest BCUT2D eigenvalue weighted by Crippen LogP contribution is 2.22. The van der Waals surface area contributed by atoms with E-state index in [-0.39, 0.29) is 26.5 Å². The number of amides is 1. The maximum atomic E-state index is 14.4. The number of nitrogens with one attached hydrogen (secondary N) is 1. The predicted molar refractivity (Wildman–Crippen MR) is 126 cm³/mol. The van der Waals surface area contributed by atoms with E-state index in [1.54, 1.807) is 40.2 Å². The number of benzene rings is 1. The van der Waals surface area contributed by atoms with Gasteiger partial charge in [0.1, 0.15) is 12.4 Å². The van der Waals surface area contributed by atoms with Gasteiger partial charge in [0.2, 0.25) is 5.95 Å². The summed E-state index contributed by atoms with van der Waals surface area (Å²) in [5, 5.41) is 21.1. The number of morpholine rings is 1. The van der Waals surface area contributed by atoms with Crippen LogP contribution in [0.1, 0.15) is 19.4 Å². The molecule has 12 heteroatoms. The van der Waals surface area contributed by atoms with Crippen LogP contribution < -0.4 is 10.2 Å². The van der Waals surface area contributed by atoms with Gasteiger partial charge in [-0.05, 0) is 23.8 Å². The number of carbonyl (C=O) groups is 1. The van der Waals surface area contributed by atoms with Crippen molar-refractivity contribution in [1.29, 1.82) is 5.26 Å². The van der Waals surface area contributed by atoms with Gasteiger partial charge < -0.3 is 15.0 Å². The van der Waals surface area contributed by atoms with Gasteiger partial charge in [-0.15, -0.1) is 0 Å². The fourth-order valence-electron chi connectivity index (χ4n) is 3.73. The molecule has 0 atom stereocenters. The molecular formula is C23H24FN9O2. The third-order valence-corrected chi connectivity index (χ3v) is 5.29. The molecule has 1 saturated heterocycles. The van der Waals surface area contributed by atoms with Crippen LogP contribution in [0.5, 0.6) is 0 Å². The Morgan fingerprint density at radius 1 is 1.20 bits per heavy atom. The summed E-state index contributed by atoms with van der Waals surface area (Å²) in [6.07, 6.45) is 7.06. The largest absolute Gasteiger partial charge is 0.370 e. The van der Waals surface area contributed by atoms with Crippen LogP contribution in [-0.2, 0) is 22.6 Å². The maximum absolute atomic E-state index is 14.4. The van der Waals surface area contributed by atoms with Crippen molar-refractivity contribution in [2.24, 2.45) is 0 Å². The van der Waals surface area contributed by atoms with Crippen LogP contribution in [0.3, 0.4) is 0 Å². The number of aromatic nitrogens is 6. The lowest BCUT2D eigenvalue weighted by atomic mass is 10.1. The van der Waals surface area contributed by atoms with Gasteiger partial charge in [-0.1, -0.05) is 7.43 Å². The Bertz CT molecular complexity index is 1390. The van der Waals surface area contributed by atoms with Crippen molar-refractivity contribution in [1.82, 2.24) is 29.5 Å². The number of carbonyl (C=O) groups excluding carboxylic acids is 1. The Morgan fingerprint density at radius 3 is 2.91 bits per heavy atom. The molecule has 0 bridgehead atoms. The molecule has 0 aliphatic carbocycles. The van der Waals surface area contributed by atoms with Crippen molar-refractivity contribution in [2.45, 2.75) is 26.9 Å². The minimum absolute atomic E-state index is 0. The zero-order valence-electron chi connectivity index (χ0n) is 18.1. The molecule has 1 N–H and O–H groups in total. The minimum atomic E-state index is -0.436. The van der Waals surface area contributed by atoms with Crippen molar-refractivity contribution in [3.63, 3.8) is 0 Å². The summed E-state index contributed by atoms with van der Waals surface area (Å²) in [6, 6.07) is 6.61. The Morgan fingerprint density at radius 2 is 2.09 bits per heavy atom. The first-order chi connectivity index (χ1) is 16.6. The number of nitriles is 1. The number of hydrogen-bond acceptors (Lipinski definition) is 8. The minimum Gasteiger partial charge on any atom is -0.370 e. The molecule has 35 heavy (non-hydrogen) atoms. The van der Waals surface area contributed by atoms with Crippen LogP contribution in [0, 0.1) is 17.1 Å². The van der Waals surface area contributed by atoms with Gasteiger partial charge in [-0.3, -0.25) is 9.48 Å². The third-order valence-electron chi connectivity index (χ3n) is 5.29. The Labute approximate surface area is 200 Å². The number of halogens is 1. The van der Waals surface area contributed by atoms with E-state index in [1.165, 1.54) is 17.0 Å². The normalized spacial score (nSPS) is 13.5. The SMILES string of the molecule is C.N#CCCn1cc(Nc2ncc3cnn(Cc4cc(F)cc(N5CCOCC5=O)c4)c3n2)cn1. The first-order valence-electron chi connectivity index (χ1n) is 10.6. The highest BCUT2D eigenvalue weighted by atomic mass is 19.1. The molecule has 1 aromatic carbocycles. The van der Waals surface area contributed by atoms with Gasteiger partial charge in [0.25, 0.3) is 5.91 Å². The van der Waals surface area contributed by atoms with E-state index in [0.29, 0.717) is 54.7 Å². The van der Waals surface area contributed by atoms with Crippen LogP contribution in [-0.4, -0.2) is 55.2 Å². The number of rotatable bonds is 7. The third kappa shape index (κ3) is 5.25. The Balaban J connectivity index is 0.00000289. The first-order valence-corrected chi connectivity index (χ1v) is 10.6. The number of hydrogen-bond donors (Lipinski definition) is 1. The molecule has 5 rings (SSSR count). The van der Waals surface area contributed by atoms with Crippen LogP contribution >= 0.6 is 0 Å². The van der Waals surface area contributed by atoms with Crippen molar-refractivity contribution < 1.29 is 13.9 Å². The molecule has 0 spiro atoms. The Hall–Kier alpha value is -4.37. The van der Waals surface area contributed by atoms with Crippen molar-refractivity contribution >= 4 is 34.3 Å². The molecule has 4 aromatic rings. The number of ether oxygens (including phenoxy) is 1. The van der Waals surface area contributed by atoms with E-state index < -0.39 is 5.82 Å². The molecule has 11 nitrogen and oxygen atoms in total. The van der Waals surface area contributed by atoms with Crippen LogP contribution in [0.2, 0.25) is 0 Å². The van der Waals surface area contributed by atoms with Crippen LogP contribution in [0.4, 0.5) is 21.7 Å². The molecule has 1 amide bonds. The fourth-order valence-corrected chi connectivity index (χ4v) is 3.73. The van der Waals surface area contributed by atoms with E-state index in [4.69, 9.17) is 10.00 Å². The number of aryl methyl sites for hydroxylation is 1.